The van der Waals surface area contributed by atoms with Crippen molar-refractivity contribution in [1.82, 2.24) is 10.6 Å². The maximum atomic E-state index is 12.1. The van der Waals surface area contributed by atoms with Gasteiger partial charge in [0.05, 0.1) is 6.04 Å². The minimum atomic E-state index is -0.445. The number of carbonyl (C=O) groups excluding carboxylic acids is 2. The lowest BCUT2D eigenvalue weighted by molar-refractivity contribution is -0.115. The molecule has 0 aliphatic carbocycles. The average Bonchev–Trinajstić information content (AvgIpc) is 2.37. The topological polar surface area (TPSA) is 58.2 Å². The first kappa shape index (κ1) is 13.6. The zero-order valence-corrected chi connectivity index (χ0v) is 11.5. The van der Waals surface area contributed by atoms with Gasteiger partial charge in [-0.1, -0.05) is 30.7 Å². The van der Waals surface area contributed by atoms with E-state index in [9.17, 15) is 9.59 Å². The molecule has 2 amide bonds. The number of allylic oxidation sites excluding steroid dienone is 1. The van der Waals surface area contributed by atoms with E-state index in [2.05, 4.69) is 10.6 Å². The van der Waals surface area contributed by atoms with E-state index in [1.54, 1.807) is 32.0 Å². The number of amides is 2. The van der Waals surface area contributed by atoms with Crippen LogP contribution in [0.3, 0.4) is 0 Å². The van der Waals surface area contributed by atoms with Gasteiger partial charge in [-0.05, 0) is 24.6 Å². The summed E-state index contributed by atoms with van der Waals surface area (Å²) < 4.78 is 0. The highest BCUT2D eigenvalue weighted by Gasteiger charge is 2.30. The number of halogens is 1. The van der Waals surface area contributed by atoms with E-state index in [1.807, 2.05) is 6.07 Å². The van der Waals surface area contributed by atoms with Crippen LogP contribution in [0.1, 0.15) is 31.9 Å². The lowest BCUT2D eigenvalue weighted by Gasteiger charge is -2.28. The van der Waals surface area contributed by atoms with Gasteiger partial charge in [0.15, 0.2) is 5.78 Å². The minimum Gasteiger partial charge on any atom is -0.327 e. The highest BCUT2D eigenvalue weighted by molar-refractivity contribution is 6.30. The monoisotopic (exact) mass is 278 g/mol. The fraction of sp³-hybridized carbons (Fsp3) is 0.286. The van der Waals surface area contributed by atoms with Gasteiger partial charge in [0.25, 0.3) is 0 Å². The molecule has 0 aromatic heterocycles. The first-order valence-electron chi connectivity index (χ1n) is 6.10. The summed E-state index contributed by atoms with van der Waals surface area (Å²) in [5.41, 5.74) is 1.99. The van der Waals surface area contributed by atoms with Crippen LogP contribution in [0.5, 0.6) is 0 Å². The molecule has 1 atom stereocenters. The first-order chi connectivity index (χ1) is 9.02. The van der Waals surface area contributed by atoms with Crippen molar-refractivity contribution in [1.29, 1.82) is 0 Å². The number of ketones is 1. The summed E-state index contributed by atoms with van der Waals surface area (Å²) in [6.07, 6.45) is 0.390. The fourth-order valence-corrected chi connectivity index (χ4v) is 2.39. The van der Waals surface area contributed by atoms with Crippen LogP contribution >= 0.6 is 11.6 Å². The summed E-state index contributed by atoms with van der Waals surface area (Å²) in [6, 6.07) is 6.41. The van der Waals surface area contributed by atoms with Crippen molar-refractivity contribution in [3.8, 4) is 0 Å². The van der Waals surface area contributed by atoms with Gasteiger partial charge >= 0.3 is 6.03 Å². The smallest absolute Gasteiger partial charge is 0.319 e. The van der Waals surface area contributed by atoms with Crippen LogP contribution in [0.2, 0.25) is 5.02 Å². The second kappa shape index (κ2) is 5.45. The number of benzene rings is 1. The molecule has 1 aromatic rings. The standard InChI is InChI=1S/C14H15ClN2O2/c1-3-11(18)12-8(2)16-14(19)17-13(12)9-5-4-6-10(15)7-9/h4-7,13H,3H2,1-2H3,(H2,16,17,19). The molecule has 1 aromatic carbocycles. The number of urea groups is 1. The Morgan fingerprint density at radius 1 is 1.42 bits per heavy atom. The highest BCUT2D eigenvalue weighted by atomic mass is 35.5. The van der Waals surface area contributed by atoms with Crippen LogP contribution in [0.4, 0.5) is 4.79 Å². The SMILES string of the molecule is CCC(=O)C1=C(C)NC(=O)NC1c1cccc(Cl)c1. The van der Waals surface area contributed by atoms with Crippen molar-refractivity contribution in [2.75, 3.05) is 0 Å². The van der Waals surface area contributed by atoms with E-state index in [4.69, 9.17) is 11.6 Å². The summed E-state index contributed by atoms with van der Waals surface area (Å²) in [7, 11) is 0. The molecule has 0 fully saturated rings. The second-order valence-corrected chi connectivity index (χ2v) is 4.84. The third-order valence-electron chi connectivity index (χ3n) is 3.07. The maximum Gasteiger partial charge on any atom is 0.319 e. The fourth-order valence-electron chi connectivity index (χ4n) is 2.19. The third kappa shape index (κ3) is 2.79. The number of Topliss-reactive ketones (excluding diaryl/α,β-unsaturated/α-hetero) is 1. The van der Waals surface area contributed by atoms with E-state index in [0.717, 1.165) is 5.56 Å². The van der Waals surface area contributed by atoms with Crippen molar-refractivity contribution in [3.05, 3.63) is 46.1 Å². The lowest BCUT2D eigenvalue weighted by Crippen LogP contribution is -2.45. The molecular weight excluding hydrogens is 264 g/mol. The molecule has 1 aliphatic rings. The molecule has 1 aliphatic heterocycles. The van der Waals surface area contributed by atoms with Crippen LogP contribution in [0, 0.1) is 0 Å². The Labute approximate surface area is 116 Å². The van der Waals surface area contributed by atoms with E-state index in [1.165, 1.54) is 0 Å². The Morgan fingerprint density at radius 3 is 2.79 bits per heavy atom. The molecule has 100 valence electrons. The summed E-state index contributed by atoms with van der Waals surface area (Å²) in [5.74, 6) is 0.00924. The Kier molecular flexibility index (Phi) is 3.90. The summed E-state index contributed by atoms with van der Waals surface area (Å²) >= 11 is 5.97. The molecule has 1 heterocycles. The van der Waals surface area contributed by atoms with E-state index < -0.39 is 6.04 Å². The van der Waals surface area contributed by atoms with Gasteiger partial charge in [-0.25, -0.2) is 4.79 Å². The first-order valence-corrected chi connectivity index (χ1v) is 6.47. The molecule has 5 heteroatoms. The van der Waals surface area contributed by atoms with Gasteiger partial charge in [-0.15, -0.1) is 0 Å². The van der Waals surface area contributed by atoms with Gasteiger partial charge < -0.3 is 10.6 Å². The molecule has 0 saturated carbocycles. The number of hydrogen-bond donors (Lipinski definition) is 2. The Bertz CT molecular complexity index is 566. The summed E-state index contributed by atoms with van der Waals surface area (Å²) in [5, 5.41) is 5.98. The number of rotatable bonds is 3. The van der Waals surface area contributed by atoms with E-state index >= 15 is 0 Å². The predicted molar refractivity (Wildman–Crippen MR) is 73.9 cm³/mol. The highest BCUT2D eigenvalue weighted by Crippen LogP contribution is 2.29. The van der Waals surface area contributed by atoms with Crippen molar-refractivity contribution in [3.63, 3.8) is 0 Å². The van der Waals surface area contributed by atoms with Crippen LogP contribution in [-0.2, 0) is 4.79 Å². The molecule has 2 rings (SSSR count). The summed E-state index contributed by atoms with van der Waals surface area (Å²) in [4.78, 5) is 23.7. The summed E-state index contributed by atoms with van der Waals surface area (Å²) in [6.45, 7) is 3.53. The minimum absolute atomic E-state index is 0.00924. The number of carbonyl (C=O) groups is 2. The average molecular weight is 279 g/mol. The van der Waals surface area contributed by atoms with Crippen molar-refractivity contribution in [2.45, 2.75) is 26.3 Å². The molecule has 19 heavy (non-hydrogen) atoms. The van der Waals surface area contributed by atoms with Crippen molar-refractivity contribution >= 4 is 23.4 Å². The second-order valence-electron chi connectivity index (χ2n) is 4.40. The van der Waals surface area contributed by atoms with Gasteiger partial charge in [-0.3, -0.25) is 4.79 Å². The molecule has 2 N–H and O–H groups in total. The zero-order chi connectivity index (χ0) is 14.0. The molecule has 4 nitrogen and oxygen atoms in total. The van der Waals surface area contributed by atoms with Crippen molar-refractivity contribution < 1.29 is 9.59 Å². The Hall–Kier alpha value is -1.81. The largest absolute Gasteiger partial charge is 0.327 e. The van der Waals surface area contributed by atoms with E-state index in [0.29, 0.717) is 22.7 Å². The molecule has 0 radical (unpaired) electrons. The van der Waals surface area contributed by atoms with Crippen LogP contribution in [-0.4, -0.2) is 11.8 Å². The molecular formula is C14H15ClN2O2. The van der Waals surface area contributed by atoms with Gasteiger partial charge in [0.1, 0.15) is 0 Å². The maximum absolute atomic E-state index is 12.1. The lowest BCUT2D eigenvalue weighted by atomic mass is 9.91. The number of hydrogen-bond acceptors (Lipinski definition) is 2. The zero-order valence-electron chi connectivity index (χ0n) is 10.8. The van der Waals surface area contributed by atoms with Crippen LogP contribution in [0.25, 0.3) is 0 Å². The van der Waals surface area contributed by atoms with Crippen LogP contribution in [0.15, 0.2) is 35.5 Å². The molecule has 0 spiro atoms. The predicted octanol–water partition coefficient (Wildman–Crippen LogP) is 2.95. The third-order valence-corrected chi connectivity index (χ3v) is 3.31. The Balaban J connectivity index is 2.49. The van der Waals surface area contributed by atoms with E-state index in [-0.39, 0.29) is 11.8 Å². The molecule has 0 bridgehead atoms. The quantitative estimate of drug-likeness (QED) is 0.893. The van der Waals surface area contributed by atoms with Gasteiger partial charge in [-0.2, -0.15) is 0 Å². The normalized spacial score (nSPS) is 18.9. The molecule has 0 saturated heterocycles. The van der Waals surface area contributed by atoms with Crippen LogP contribution < -0.4 is 10.6 Å². The van der Waals surface area contributed by atoms with Gasteiger partial charge in [0, 0.05) is 22.7 Å². The van der Waals surface area contributed by atoms with Crippen molar-refractivity contribution in [2.24, 2.45) is 0 Å². The van der Waals surface area contributed by atoms with Gasteiger partial charge in [0.2, 0.25) is 0 Å². The molecule has 1 unspecified atom stereocenters. The Morgan fingerprint density at radius 2 is 2.16 bits per heavy atom. The number of nitrogens with one attached hydrogen (secondary N) is 2.